The van der Waals surface area contributed by atoms with E-state index in [2.05, 4.69) is 15.1 Å². The Kier molecular flexibility index (Phi) is 13.1. The standard InChI is InChI=1S/C15H15ClFN3O3S2.C12H18ClNO2S/c1-23-13(21)8-24-12-7-11(10(17)6-9(12)16)18-14-19-4-2-3-5-20(19)15(22)25-14;1-8-7-17-10(3)12(8)14(11(15)5-13)9(2)6-16-4/h6-7H,2-5,8H2,1H3;7,9H,5-6H2,1-4H3. The molecule has 3 heterocycles. The lowest BCUT2D eigenvalue weighted by Crippen LogP contribution is -2.42. The fourth-order valence-corrected chi connectivity index (χ4v) is 7.28. The maximum absolute atomic E-state index is 14.3. The van der Waals surface area contributed by atoms with Crippen molar-refractivity contribution in [2.75, 3.05) is 37.4 Å². The first-order valence-corrected chi connectivity index (χ1v) is 16.6. The molecule has 0 aliphatic carbocycles. The van der Waals surface area contributed by atoms with Gasteiger partial charge in [0.1, 0.15) is 17.4 Å². The molecule has 42 heavy (non-hydrogen) atoms. The average molecular weight is 680 g/mol. The summed E-state index contributed by atoms with van der Waals surface area (Å²) in [7, 11) is 2.93. The normalized spacial score (nSPS) is 13.7. The number of ether oxygens (including phenoxy) is 2. The minimum Gasteiger partial charge on any atom is -0.468 e. The lowest BCUT2D eigenvalue weighted by atomic mass is 10.2. The monoisotopic (exact) mass is 678 g/mol. The molecular formula is C27H33Cl2FN4O5S3. The Labute approximate surface area is 265 Å². The van der Waals surface area contributed by atoms with Gasteiger partial charge in [-0.1, -0.05) is 11.6 Å². The molecule has 1 aliphatic rings. The van der Waals surface area contributed by atoms with E-state index < -0.39 is 11.8 Å². The van der Waals surface area contributed by atoms with E-state index in [-0.39, 0.29) is 39.2 Å². The fourth-order valence-electron chi connectivity index (χ4n) is 4.33. The zero-order valence-corrected chi connectivity index (χ0v) is 27.9. The van der Waals surface area contributed by atoms with Crippen LogP contribution in [0.1, 0.15) is 30.2 Å². The molecule has 1 aromatic carbocycles. The molecule has 0 fully saturated rings. The summed E-state index contributed by atoms with van der Waals surface area (Å²) in [6.07, 6.45) is 1.90. The maximum atomic E-state index is 14.3. The van der Waals surface area contributed by atoms with Crippen molar-refractivity contribution in [3.63, 3.8) is 0 Å². The predicted molar refractivity (Wildman–Crippen MR) is 169 cm³/mol. The summed E-state index contributed by atoms with van der Waals surface area (Å²) in [5.41, 5.74) is 2.17. The van der Waals surface area contributed by atoms with Crippen LogP contribution in [0.25, 0.3) is 0 Å². The molecule has 1 amide bonds. The summed E-state index contributed by atoms with van der Waals surface area (Å²) >= 11 is 15.5. The molecule has 4 rings (SSSR count). The number of thiophene rings is 1. The number of hydrogen-bond donors (Lipinski definition) is 0. The van der Waals surface area contributed by atoms with Crippen LogP contribution in [0.2, 0.25) is 5.02 Å². The van der Waals surface area contributed by atoms with E-state index in [1.165, 1.54) is 13.2 Å². The molecule has 0 bridgehead atoms. The van der Waals surface area contributed by atoms with E-state index >= 15 is 0 Å². The van der Waals surface area contributed by atoms with E-state index in [4.69, 9.17) is 27.9 Å². The minimum atomic E-state index is -0.580. The van der Waals surface area contributed by atoms with Crippen molar-refractivity contribution >= 4 is 80.9 Å². The van der Waals surface area contributed by atoms with Crippen LogP contribution in [0.15, 0.2) is 32.2 Å². The Hall–Kier alpha value is -2.16. The van der Waals surface area contributed by atoms with Crippen LogP contribution in [0, 0.1) is 19.7 Å². The highest BCUT2D eigenvalue weighted by Gasteiger charge is 2.25. The molecule has 3 aromatic rings. The number of fused-ring (bicyclic) bond motifs is 1. The van der Waals surface area contributed by atoms with Gasteiger partial charge in [0, 0.05) is 30.0 Å². The summed E-state index contributed by atoms with van der Waals surface area (Å²) < 4.78 is 27.4. The number of carbonyl (C=O) groups excluding carboxylic acids is 2. The van der Waals surface area contributed by atoms with Gasteiger partial charge in [0.2, 0.25) is 10.7 Å². The summed E-state index contributed by atoms with van der Waals surface area (Å²) in [5, 5.41) is 2.25. The molecule has 230 valence electrons. The highest BCUT2D eigenvalue weighted by molar-refractivity contribution is 8.00. The van der Waals surface area contributed by atoms with Crippen LogP contribution in [0.4, 0.5) is 15.8 Å². The summed E-state index contributed by atoms with van der Waals surface area (Å²) in [5.74, 6) is -1.02. The van der Waals surface area contributed by atoms with Crippen molar-refractivity contribution in [2.45, 2.75) is 57.6 Å². The van der Waals surface area contributed by atoms with Crippen LogP contribution in [0.5, 0.6) is 0 Å². The Bertz CT molecular complexity index is 1520. The lowest BCUT2D eigenvalue weighted by Gasteiger charge is -2.29. The third-order valence-corrected chi connectivity index (χ3v) is 9.84. The molecular weight excluding hydrogens is 646 g/mol. The Morgan fingerprint density at radius 1 is 1.21 bits per heavy atom. The van der Waals surface area contributed by atoms with Gasteiger partial charge in [0.05, 0.1) is 36.2 Å². The number of anilines is 1. The van der Waals surface area contributed by atoms with Gasteiger partial charge in [0.15, 0.2) is 0 Å². The fraction of sp³-hybridized carbons (Fsp3) is 0.481. The number of aromatic nitrogens is 2. The zero-order valence-electron chi connectivity index (χ0n) is 23.9. The number of aryl methyl sites for hydroxylation is 2. The van der Waals surface area contributed by atoms with Crippen molar-refractivity contribution in [2.24, 2.45) is 4.99 Å². The molecule has 0 saturated carbocycles. The predicted octanol–water partition coefficient (Wildman–Crippen LogP) is 5.77. The van der Waals surface area contributed by atoms with Crippen molar-refractivity contribution in [3.8, 4) is 0 Å². The van der Waals surface area contributed by atoms with Crippen LogP contribution in [0.3, 0.4) is 0 Å². The van der Waals surface area contributed by atoms with Crippen molar-refractivity contribution in [3.05, 3.63) is 53.3 Å². The molecule has 0 saturated heterocycles. The van der Waals surface area contributed by atoms with Gasteiger partial charge >= 0.3 is 10.8 Å². The van der Waals surface area contributed by atoms with Crippen molar-refractivity contribution in [1.29, 1.82) is 0 Å². The first-order valence-electron chi connectivity index (χ1n) is 13.0. The molecule has 15 heteroatoms. The van der Waals surface area contributed by atoms with Gasteiger partial charge < -0.3 is 14.4 Å². The quantitative estimate of drug-likeness (QED) is 0.162. The Morgan fingerprint density at radius 3 is 2.50 bits per heavy atom. The van der Waals surface area contributed by atoms with Crippen LogP contribution >= 0.6 is 57.6 Å². The topological polar surface area (TPSA) is 95.1 Å². The van der Waals surface area contributed by atoms with Crippen molar-refractivity contribution in [1.82, 2.24) is 9.36 Å². The minimum absolute atomic E-state index is 0.0111. The number of rotatable bonds is 9. The van der Waals surface area contributed by atoms with Gasteiger partial charge in [-0.3, -0.25) is 19.1 Å². The number of methoxy groups -OCH3 is 2. The first-order chi connectivity index (χ1) is 20.0. The third-order valence-electron chi connectivity index (χ3n) is 6.27. The van der Waals surface area contributed by atoms with Crippen molar-refractivity contribution < 1.29 is 23.5 Å². The Morgan fingerprint density at radius 2 is 1.90 bits per heavy atom. The van der Waals surface area contributed by atoms with Gasteiger partial charge in [0.25, 0.3) is 0 Å². The second-order valence-electron chi connectivity index (χ2n) is 9.34. The number of halogens is 3. The van der Waals surface area contributed by atoms with E-state index in [0.717, 1.165) is 58.1 Å². The summed E-state index contributed by atoms with van der Waals surface area (Å²) in [4.78, 5) is 43.3. The number of thioether (sulfide) groups is 1. The van der Waals surface area contributed by atoms with Gasteiger partial charge in [-0.15, -0.1) is 34.7 Å². The molecule has 1 unspecified atom stereocenters. The van der Waals surface area contributed by atoms with E-state index in [0.29, 0.717) is 29.4 Å². The largest absolute Gasteiger partial charge is 0.468 e. The highest BCUT2D eigenvalue weighted by atomic mass is 35.5. The van der Waals surface area contributed by atoms with E-state index in [1.807, 2.05) is 20.8 Å². The number of esters is 1. The molecule has 2 aromatic heterocycles. The van der Waals surface area contributed by atoms with Crippen LogP contribution in [-0.2, 0) is 32.2 Å². The second-order valence-corrected chi connectivity index (χ2v) is 13.0. The van der Waals surface area contributed by atoms with Crippen LogP contribution in [-0.4, -0.2) is 59.7 Å². The second kappa shape index (κ2) is 16.1. The van der Waals surface area contributed by atoms with E-state index in [1.54, 1.807) is 32.7 Å². The summed E-state index contributed by atoms with van der Waals surface area (Å²) in [6, 6.07) is 2.63. The smallest absolute Gasteiger partial charge is 0.325 e. The molecule has 0 N–H and O–H groups in total. The maximum Gasteiger partial charge on any atom is 0.325 e. The number of benzene rings is 1. The molecule has 1 aliphatic heterocycles. The SMILES string of the molecule is COC(=O)CSc1cc(N=c2sc(=O)n3n2CCCC3)c(F)cc1Cl.COCC(C)N(C(=O)CCl)c1c(C)csc1C. The number of hydrogen-bond acceptors (Lipinski definition) is 9. The van der Waals surface area contributed by atoms with Gasteiger partial charge in [-0.05, 0) is 68.0 Å². The molecule has 0 spiro atoms. The highest BCUT2D eigenvalue weighted by Crippen LogP contribution is 2.34. The average Bonchev–Trinajstić information content (AvgIpc) is 3.47. The molecule has 9 nitrogen and oxygen atoms in total. The Balaban J connectivity index is 0.000000250. The number of alkyl halides is 1. The third kappa shape index (κ3) is 8.48. The number of nitrogens with zero attached hydrogens (tertiary/aromatic N) is 4. The van der Waals surface area contributed by atoms with E-state index in [9.17, 15) is 18.8 Å². The first kappa shape index (κ1) is 34.3. The van der Waals surface area contributed by atoms with Gasteiger partial charge in [-0.2, -0.15) is 0 Å². The molecule has 1 atom stereocenters. The van der Waals surface area contributed by atoms with Gasteiger partial charge in [-0.25, -0.2) is 14.1 Å². The van der Waals surface area contributed by atoms with Crippen LogP contribution < -0.4 is 14.6 Å². The number of amides is 1. The number of carbonyl (C=O) groups is 2. The molecule has 0 radical (unpaired) electrons. The lowest BCUT2D eigenvalue weighted by molar-refractivity contribution is -0.137. The zero-order chi connectivity index (χ0) is 31.0. The summed E-state index contributed by atoms with van der Waals surface area (Å²) in [6.45, 7) is 7.81.